The van der Waals surface area contributed by atoms with E-state index in [0.717, 1.165) is 5.39 Å². The van der Waals surface area contributed by atoms with Crippen LogP contribution in [-0.4, -0.2) is 30.9 Å². The minimum atomic E-state index is -0.410. The highest BCUT2D eigenvalue weighted by Crippen LogP contribution is 2.28. The molecule has 0 spiro atoms. The third-order valence-corrected chi connectivity index (χ3v) is 4.71. The molecule has 0 saturated carbocycles. The average molecular weight is 345 g/mol. The van der Waals surface area contributed by atoms with Crippen LogP contribution >= 0.6 is 11.8 Å². The summed E-state index contributed by atoms with van der Waals surface area (Å²) < 4.78 is 15.2. The highest BCUT2D eigenvalue weighted by molar-refractivity contribution is 8.00. The standard InChI is InChI=1S/C16H16FN5OS/c1-9-4-5-11(6-13(9)17)21-15(23)10(2)24-16-12-7-20-22(3)14(12)18-8-19-16/h4-8,10H,1-3H3,(H,21,23). The van der Waals surface area contributed by atoms with Crippen molar-refractivity contribution in [3.63, 3.8) is 0 Å². The maximum atomic E-state index is 13.6. The Hall–Kier alpha value is -2.48. The Labute approximate surface area is 142 Å². The zero-order chi connectivity index (χ0) is 17.3. The van der Waals surface area contributed by atoms with Crippen LogP contribution in [0.25, 0.3) is 11.0 Å². The molecule has 1 atom stereocenters. The van der Waals surface area contributed by atoms with E-state index in [2.05, 4.69) is 20.4 Å². The Morgan fingerprint density at radius 3 is 2.92 bits per heavy atom. The molecular weight excluding hydrogens is 329 g/mol. The van der Waals surface area contributed by atoms with E-state index in [9.17, 15) is 9.18 Å². The molecule has 1 unspecified atom stereocenters. The summed E-state index contributed by atoms with van der Waals surface area (Å²) in [4.78, 5) is 20.7. The first-order chi connectivity index (χ1) is 11.5. The number of fused-ring (bicyclic) bond motifs is 1. The quantitative estimate of drug-likeness (QED) is 0.581. The van der Waals surface area contributed by atoms with Crippen molar-refractivity contribution >= 4 is 34.4 Å². The van der Waals surface area contributed by atoms with Gasteiger partial charge in [0.15, 0.2) is 5.65 Å². The van der Waals surface area contributed by atoms with Crippen LogP contribution in [0.15, 0.2) is 35.7 Å². The smallest absolute Gasteiger partial charge is 0.237 e. The molecule has 24 heavy (non-hydrogen) atoms. The number of nitrogens with zero attached hydrogens (tertiary/aromatic N) is 4. The molecule has 0 radical (unpaired) electrons. The molecule has 2 aromatic heterocycles. The van der Waals surface area contributed by atoms with Gasteiger partial charge in [0.2, 0.25) is 5.91 Å². The molecule has 0 bridgehead atoms. The van der Waals surface area contributed by atoms with Gasteiger partial charge in [0.25, 0.3) is 0 Å². The lowest BCUT2D eigenvalue weighted by Crippen LogP contribution is -2.22. The van der Waals surface area contributed by atoms with Gasteiger partial charge in [-0.05, 0) is 31.5 Å². The molecule has 1 amide bonds. The molecule has 0 aliphatic carbocycles. The van der Waals surface area contributed by atoms with Crippen LogP contribution in [0.3, 0.4) is 0 Å². The molecule has 0 saturated heterocycles. The lowest BCUT2D eigenvalue weighted by atomic mass is 10.2. The molecular formula is C16H16FN5OS. The molecule has 0 fully saturated rings. The van der Waals surface area contributed by atoms with Crippen LogP contribution in [0.4, 0.5) is 10.1 Å². The fourth-order valence-electron chi connectivity index (χ4n) is 2.17. The lowest BCUT2D eigenvalue weighted by Gasteiger charge is -2.12. The van der Waals surface area contributed by atoms with Gasteiger partial charge >= 0.3 is 0 Å². The average Bonchev–Trinajstić information content (AvgIpc) is 2.93. The summed E-state index contributed by atoms with van der Waals surface area (Å²) in [6.07, 6.45) is 3.13. The Morgan fingerprint density at radius 1 is 1.38 bits per heavy atom. The number of nitrogens with one attached hydrogen (secondary N) is 1. The largest absolute Gasteiger partial charge is 0.325 e. The van der Waals surface area contributed by atoms with Gasteiger partial charge in [0.1, 0.15) is 17.2 Å². The number of amides is 1. The number of carbonyl (C=O) groups is 1. The summed E-state index contributed by atoms with van der Waals surface area (Å²) in [7, 11) is 1.80. The molecule has 0 aliphatic rings. The van der Waals surface area contributed by atoms with Gasteiger partial charge in [-0.2, -0.15) is 5.10 Å². The van der Waals surface area contributed by atoms with Crippen LogP contribution in [0.5, 0.6) is 0 Å². The fourth-order valence-corrected chi connectivity index (χ4v) is 3.05. The van der Waals surface area contributed by atoms with Gasteiger partial charge in [-0.15, -0.1) is 0 Å². The normalized spacial score (nSPS) is 12.3. The maximum Gasteiger partial charge on any atom is 0.237 e. The molecule has 1 N–H and O–H groups in total. The number of hydrogen-bond donors (Lipinski definition) is 1. The zero-order valence-electron chi connectivity index (χ0n) is 13.4. The van der Waals surface area contributed by atoms with Crippen molar-refractivity contribution in [1.82, 2.24) is 19.7 Å². The van der Waals surface area contributed by atoms with E-state index in [0.29, 0.717) is 21.9 Å². The number of halogens is 1. The number of hydrogen-bond acceptors (Lipinski definition) is 5. The van der Waals surface area contributed by atoms with E-state index in [1.165, 1.54) is 24.2 Å². The number of benzene rings is 1. The van der Waals surface area contributed by atoms with Gasteiger partial charge in [-0.3, -0.25) is 9.48 Å². The zero-order valence-corrected chi connectivity index (χ0v) is 14.3. The first kappa shape index (κ1) is 16.4. The van der Waals surface area contributed by atoms with E-state index in [1.807, 2.05) is 0 Å². The summed E-state index contributed by atoms with van der Waals surface area (Å²) in [6.45, 7) is 3.45. The summed E-state index contributed by atoms with van der Waals surface area (Å²) in [5.74, 6) is -0.570. The summed E-state index contributed by atoms with van der Waals surface area (Å²) in [6, 6.07) is 4.62. The second-order valence-corrected chi connectivity index (χ2v) is 6.73. The Balaban J connectivity index is 1.74. The predicted octanol–water partition coefficient (Wildman–Crippen LogP) is 2.93. The number of aryl methyl sites for hydroxylation is 2. The first-order valence-electron chi connectivity index (χ1n) is 7.32. The van der Waals surface area contributed by atoms with E-state index in [1.54, 1.807) is 43.9 Å². The van der Waals surface area contributed by atoms with Crippen molar-refractivity contribution < 1.29 is 9.18 Å². The van der Waals surface area contributed by atoms with Crippen molar-refractivity contribution in [2.24, 2.45) is 7.05 Å². The van der Waals surface area contributed by atoms with Gasteiger partial charge in [0, 0.05) is 12.7 Å². The molecule has 3 rings (SSSR count). The van der Waals surface area contributed by atoms with Gasteiger partial charge in [-0.1, -0.05) is 17.8 Å². The highest BCUT2D eigenvalue weighted by atomic mass is 32.2. The molecule has 8 heteroatoms. The maximum absolute atomic E-state index is 13.6. The molecule has 2 heterocycles. The number of aromatic nitrogens is 4. The SMILES string of the molecule is Cc1ccc(NC(=O)C(C)Sc2ncnc3c2cnn3C)cc1F. The predicted molar refractivity (Wildman–Crippen MR) is 91.4 cm³/mol. The second kappa shape index (κ2) is 6.56. The number of carbonyl (C=O) groups excluding carboxylic acids is 1. The second-order valence-electron chi connectivity index (χ2n) is 5.40. The monoisotopic (exact) mass is 345 g/mol. The van der Waals surface area contributed by atoms with Crippen LogP contribution in [0.1, 0.15) is 12.5 Å². The van der Waals surface area contributed by atoms with Gasteiger partial charge < -0.3 is 5.32 Å². The van der Waals surface area contributed by atoms with Crippen LogP contribution in [-0.2, 0) is 11.8 Å². The molecule has 6 nitrogen and oxygen atoms in total. The van der Waals surface area contributed by atoms with E-state index in [4.69, 9.17) is 0 Å². The van der Waals surface area contributed by atoms with Crippen molar-refractivity contribution in [3.8, 4) is 0 Å². The van der Waals surface area contributed by atoms with Crippen LogP contribution in [0, 0.1) is 12.7 Å². The third kappa shape index (κ3) is 3.23. The topological polar surface area (TPSA) is 72.7 Å². The summed E-state index contributed by atoms with van der Waals surface area (Å²) in [5.41, 5.74) is 1.68. The minimum absolute atomic E-state index is 0.223. The van der Waals surface area contributed by atoms with Crippen molar-refractivity contribution in [1.29, 1.82) is 0 Å². The number of rotatable bonds is 4. The van der Waals surface area contributed by atoms with E-state index >= 15 is 0 Å². The van der Waals surface area contributed by atoms with Crippen LogP contribution in [0.2, 0.25) is 0 Å². The van der Waals surface area contributed by atoms with E-state index in [-0.39, 0.29) is 11.7 Å². The molecule has 124 valence electrons. The Morgan fingerprint density at radius 2 is 2.17 bits per heavy atom. The Kier molecular flexibility index (Phi) is 4.48. The van der Waals surface area contributed by atoms with Crippen molar-refractivity contribution in [2.75, 3.05) is 5.32 Å². The van der Waals surface area contributed by atoms with Crippen LogP contribution < -0.4 is 5.32 Å². The van der Waals surface area contributed by atoms with Gasteiger partial charge in [-0.25, -0.2) is 14.4 Å². The third-order valence-electron chi connectivity index (χ3n) is 3.59. The number of thioether (sulfide) groups is 1. The fraction of sp³-hybridized carbons (Fsp3) is 0.250. The van der Waals surface area contributed by atoms with E-state index < -0.39 is 5.25 Å². The van der Waals surface area contributed by atoms with Gasteiger partial charge in [0.05, 0.1) is 16.8 Å². The van der Waals surface area contributed by atoms with Crippen molar-refractivity contribution in [2.45, 2.75) is 24.1 Å². The minimum Gasteiger partial charge on any atom is -0.325 e. The highest BCUT2D eigenvalue weighted by Gasteiger charge is 2.18. The number of anilines is 1. The first-order valence-corrected chi connectivity index (χ1v) is 8.20. The molecule has 0 aliphatic heterocycles. The lowest BCUT2D eigenvalue weighted by molar-refractivity contribution is -0.115. The van der Waals surface area contributed by atoms with Crippen molar-refractivity contribution in [3.05, 3.63) is 42.1 Å². The summed E-state index contributed by atoms with van der Waals surface area (Å²) in [5, 5.41) is 7.95. The molecule has 1 aromatic carbocycles. The Bertz CT molecular complexity index is 911. The molecule has 3 aromatic rings. The summed E-state index contributed by atoms with van der Waals surface area (Å²) >= 11 is 1.31.